The SMILES string of the molecule is CC1(C)OB(C2CNC(N)CN2)OC1(C)C. The van der Waals surface area contributed by atoms with Gasteiger partial charge in [-0.15, -0.1) is 0 Å². The third kappa shape index (κ3) is 2.12. The summed E-state index contributed by atoms with van der Waals surface area (Å²) in [4.78, 5) is 0. The van der Waals surface area contributed by atoms with Gasteiger partial charge in [-0.25, -0.2) is 0 Å². The number of nitrogens with two attached hydrogens (primary N) is 1. The van der Waals surface area contributed by atoms with Crippen LogP contribution in [0, 0.1) is 0 Å². The van der Waals surface area contributed by atoms with Gasteiger partial charge in [0, 0.05) is 13.1 Å². The van der Waals surface area contributed by atoms with Crippen molar-refractivity contribution in [3.8, 4) is 0 Å². The van der Waals surface area contributed by atoms with E-state index in [1.807, 2.05) is 0 Å². The zero-order valence-corrected chi connectivity index (χ0v) is 10.5. The standard InChI is InChI=1S/C10H22BN3O2/c1-9(2)10(3,4)16-11(15-9)7-5-14-8(12)6-13-7/h7-8,13-14H,5-6,12H2,1-4H3. The first kappa shape index (κ1) is 12.3. The normalized spacial score (nSPS) is 37.7. The van der Waals surface area contributed by atoms with E-state index >= 15 is 0 Å². The lowest BCUT2D eigenvalue weighted by Gasteiger charge is -2.32. The van der Waals surface area contributed by atoms with Crippen LogP contribution in [-0.2, 0) is 9.31 Å². The molecule has 2 atom stereocenters. The average Bonchev–Trinajstić information content (AvgIpc) is 2.37. The van der Waals surface area contributed by atoms with Crippen LogP contribution in [0.2, 0.25) is 0 Å². The molecule has 0 aliphatic carbocycles. The van der Waals surface area contributed by atoms with Gasteiger partial charge in [-0.2, -0.15) is 0 Å². The van der Waals surface area contributed by atoms with Crippen LogP contribution in [0.5, 0.6) is 0 Å². The molecule has 92 valence electrons. The highest BCUT2D eigenvalue weighted by Crippen LogP contribution is 2.37. The van der Waals surface area contributed by atoms with E-state index in [9.17, 15) is 0 Å². The van der Waals surface area contributed by atoms with Gasteiger partial charge >= 0.3 is 7.12 Å². The number of piperazine rings is 1. The van der Waals surface area contributed by atoms with Gasteiger partial charge in [0.15, 0.2) is 0 Å². The van der Waals surface area contributed by atoms with Crippen LogP contribution in [0.4, 0.5) is 0 Å². The van der Waals surface area contributed by atoms with Gasteiger partial charge < -0.3 is 20.4 Å². The molecule has 2 aliphatic heterocycles. The van der Waals surface area contributed by atoms with E-state index in [4.69, 9.17) is 15.0 Å². The summed E-state index contributed by atoms with van der Waals surface area (Å²) in [5.74, 6) is 0.167. The first-order valence-electron chi connectivity index (χ1n) is 5.90. The molecule has 0 aromatic carbocycles. The second-order valence-electron chi connectivity index (χ2n) is 5.65. The van der Waals surface area contributed by atoms with Crippen molar-refractivity contribution in [2.45, 2.75) is 51.0 Å². The summed E-state index contributed by atoms with van der Waals surface area (Å²) >= 11 is 0. The molecule has 0 aromatic heterocycles. The van der Waals surface area contributed by atoms with Gasteiger partial charge in [-0.3, -0.25) is 5.32 Å². The lowest BCUT2D eigenvalue weighted by Crippen LogP contribution is -2.63. The van der Waals surface area contributed by atoms with Crippen LogP contribution in [0.1, 0.15) is 27.7 Å². The number of rotatable bonds is 1. The Balaban J connectivity index is 1.98. The van der Waals surface area contributed by atoms with Gasteiger partial charge in [0.25, 0.3) is 0 Å². The second kappa shape index (κ2) is 3.96. The molecule has 0 radical (unpaired) electrons. The minimum atomic E-state index is -0.265. The Morgan fingerprint density at radius 1 is 1.06 bits per heavy atom. The highest BCUT2D eigenvalue weighted by molar-refractivity contribution is 6.47. The minimum Gasteiger partial charge on any atom is -0.402 e. The summed E-state index contributed by atoms with van der Waals surface area (Å²) in [6.07, 6.45) is 0.0265. The molecule has 6 heteroatoms. The fourth-order valence-corrected chi connectivity index (χ4v) is 1.95. The third-order valence-electron chi connectivity index (χ3n) is 3.80. The Kier molecular flexibility index (Phi) is 3.05. The molecule has 0 spiro atoms. The van der Waals surface area contributed by atoms with E-state index < -0.39 is 0 Å². The maximum Gasteiger partial charge on any atom is 0.477 e. The Morgan fingerprint density at radius 2 is 1.62 bits per heavy atom. The molecule has 0 bridgehead atoms. The maximum absolute atomic E-state index is 5.97. The monoisotopic (exact) mass is 227 g/mol. The molecule has 0 saturated carbocycles. The number of nitrogens with one attached hydrogen (secondary N) is 2. The van der Waals surface area contributed by atoms with Crippen LogP contribution in [0.25, 0.3) is 0 Å². The van der Waals surface area contributed by atoms with Crippen LogP contribution < -0.4 is 16.4 Å². The summed E-state index contributed by atoms with van der Waals surface area (Å²) in [5.41, 5.74) is 5.22. The largest absolute Gasteiger partial charge is 0.477 e. The topological polar surface area (TPSA) is 68.5 Å². The van der Waals surface area contributed by atoms with Crippen LogP contribution in [0.3, 0.4) is 0 Å². The van der Waals surface area contributed by atoms with Crippen LogP contribution >= 0.6 is 0 Å². The molecule has 0 aromatic rings. The summed E-state index contributed by atoms with van der Waals surface area (Å²) in [7, 11) is -0.204. The van der Waals surface area contributed by atoms with Gasteiger partial charge in [0.2, 0.25) is 0 Å². The first-order valence-corrected chi connectivity index (χ1v) is 5.90. The lowest BCUT2D eigenvalue weighted by atomic mass is 9.77. The molecular weight excluding hydrogens is 205 g/mol. The molecule has 2 saturated heterocycles. The van der Waals surface area contributed by atoms with E-state index in [0.29, 0.717) is 0 Å². The predicted octanol–water partition coefficient (Wildman–Crippen LogP) is -0.536. The molecule has 4 N–H and O–H groups in total. The van der Waals surface area contributed by atoms with Crippen LogP contribution in [-0.4, -0.2) is 43.5 Å². The molecule has 2 heterocycles. The van der Waals surface area contributed by atoms with Crippen LogP contribution in [0.15, 0.2) is 0 Å². The van der Waals surface area contributed by atoms with Crippen molar-refractivity contribution in [3.63, 3.8) is 0 Å². The fourth-order valence-electron chi connectivity index (χ4n) is 1.95. The van der Waals surface area contributed by atoms with Crippen molar-refractivity contribution in [1.29, 1.82) is 0 Å². The third-order valence-corrected chi connectivity index (χ3v) is 3.80. The van der Waals surface area contributed by atoms with E-state index in [-0.39, 0.29) is 30.4 Å². The molecule has 16 heavy (non-hydrogen) atoms. The summed E-state index contributed by atoms with van der Waals surface area (Å²) in [5, 5.41) is 6.57. The van der Waals surface area contributed by atoms with Crippen molar-refractivity contribution in [1.82, 2.24) is 10.6 Å². The molecule has 5 nitrogen and oxygen atoms in total. The van der Waals surface area contributed by atoms with Gasteiger partial charge in [0.1, 0.15) is 0 Å². The van der Waals surface area contributed by atoms with Gasteiger partial charge in [-0.05, 0) is 27.7 Å². The maximum atomic E-state index is 5.97. The summed E-state index contributed by atoms with van der Waals surface area (Å²) in [6, 6.07) is 0. The first-order chi connectivity index (χ1) is 7.32. The average molecular weight is 227 g/mol. The van der Waals surface area contributed by atoms with Crippen molar-refractivity contribution >= 4 is 7.12 Å². The summed E-state index contributed by atoms with van der Waals surface area (Å²) < 4.78 is 11.9. The Labute approximate surface area is 97.6 Å². The zero-order chi connectivity index (χ0) is 12.0. The molecule has 2 rings (SSSR count). The Morgan fingerprint density at radius 3 is 2.06 bits per heavy atom. The molecule has 0 amide bonds. The highest BCUT2D eigenvalue weighted by Gasteiger charge is 2.54. The minimum absolute atomic E-state index is 0.0265. The van der Waals surface area contributed by atoms with Gasteiger partial charge in [-0.1, -0.05) is 0 Å². The fraction of sp³-hybridized carbons (Fsp3) is 1.00. The number of hydrogen-bond acceptors (Lipinski definition) is 5. The smallest absolute Gasteiger partial charge is 0.402 e. The molecule has 2 aliphatic rings. The predicted molar refractivity (Wildman–Crippen MR) is 63.9 cm³/mol. The van der Waals surface area contributed by atoms with Crippen molar-refractivity contribution in [2.75, 3.05) is 13.1 Å². The molecule has 2 fully saturated rings. The van der Waals surface area contributed by atoms with E-state index in [0.717, 1.165) is 13.1 Å². The summed E-state index contributed by atoms with van der Waals surface area (Å²) in [6.45, 7) is 9.78. The quantitative estimate of drug-likeness (QED) is 0.525. The molecule has 2 unspecified atom stereocenters. The van der Waals surface area contributed by atoms with Crippen molar-refractivity contribution in [3.05, 3.63) is 0 Å². The lowest BCUT2D eigenvalue weighted by molar-refractivity contribution is 0.00578. The second-order valence-corrected chi connectivity index (χ2v) is 5.65. The highest BCUT2D eigenvalue weighted by atomic mass is 16.7. The zero-order valence-electron chi connectivity index (χ0n) is 10.5. The van der Waals surface area contributed by atoms with Crippen molar-refractivity contribution < 1.29 is 9.31 Å². The number of hydrogen-bond donors (Lipinski definition) is 3. The van der Waals surface area contributed by atoms with E-state index in [2.05, 4.69) is 38.3 Å². The van der Waals surface area contributed by atoms with Crippen molar-refractivity contribution in [2.24, 2.45) is 5.73 Å². The van der Waals surface area contributed by atoms with Gasteiger partial charge in [0.05, 0.1) is 23.3 Å². The van der Waals surface area contributed by atoms with E-state index in [1.165, 1.54) is 0 Å². The van der Waals surface area contributed by atoms with E-state index in [1.54, 1.807) is 0 Å². The molecular formula is C10H22BN3O2. The Bertz CT molecular complexity index is 249. The Hall–Kier alpha value is -0.135.